The highest BCUT2D eigenvalue weighted by Crippen LogP contribution is 2.51. The zero-order valence-corrected chi connectivity index (χ0v) is 32.5. The summed E-state index contributed by atoms with van der Waals surface area (Å²) in [6, 6.07) is 1.46. The monoisotopic (exact) mass is 792 g/mol. The van der Waals surface area contributed by atoms with E-state index in [0.29, 0.717) is 17.7 Å². The lowest BCUT2D eigenvalue weighted by Crippen LogP contribution is -2.71. The lowest BCUT2D eigenvalue weighted by molar-refractivity contribution is -0.181. The fraction of sp³-hybridized carbons (Fsp3) is 0.571. The van der Waals surface area contributed by atoms with E-state index in [0.717, 1.165) is 4.90 Å². The highest BCUT2D eigenvalue weighted by atomic mass is 32.2. The van der Waals surface area contributed by atoms with Crippen LogP contribution >= 0.6 is 11.8 Å². The number of benzene rings is 1. The van der Waals surface area contributed by atoms with Gasteiger partial charge >= 0.3 is 23.9 Å². The van der Waals surface area contributed by atoms with Crippen molar-refractivity contribution in [3.05, 3.63) is 41.6 Å². The second kappa shape index (κ2) is 15.2. The molecule has 1 unspecified atom stereocenters. The third-order valence-corrected chi connectivity index (χ3v) is 14.1. The molecule has 4 saturated heterocycles. The number of hydrogen-bond donors (Lipinski definition) is 2. The number of nitrogens with zero attached hydrogens (tertiary/aromatic N) is 2. The highest BCUT2D eigenvalue weighted by Gasteiger charge is 2.68. The maximum Gasteiger partial charge on any atom is 0.333 e. The maximum absolute atomic E-state index is 13.8. The van der Waals surface area contributed by atoms with E-state index < -0.39 is 103 Å². The molecule has 19 heteroatoms. The summed E-state index contributed by atoms with van der Waals surface area (Å²) >= 11 is 1.25. The molecule has 6 atom stereocenters. The minimum Gasteiger partial charge on any atom is -0.463 e. The molecule has 0 aromatic heterocycles. The number of hydrogen-bond acceptors (Lipinski definition) is 15. The zero-order valence-electron chi connectivity index (χ0n) is 30.9. The SMILES string of the molecule is CCCC(=O)Oc1ccc(C(NC(C)=CC(=O)OCC)C(=O)N[C@@H]2C(=O)N3[C@@H]2SC(C)(C)[C@@H]3C(=O)OCOC(=O)[C@@H]2N3C(=O)C[C@H]3S(=O)(=O)C2(C)C)cc1. The molecular weight excluding hydrogens is 749 g/mol. The molecule has 4 heterocycles. The topological polar surface area (TPSA) is 221 Å². The van der Waals surface area contributed by atoms with Gasteiger partial charge in [0.1, 0.15) is 40.7 Å². The Morgan fingerprint density at radius 3 is 2.19 bits per heavy atom. The van der Waals surface area contributed by atoms with Crippen molar-refractivity contribution in [3.63, 3.8) is 0 Å². The summed E-state index contributed by atoms with van der Waals surface area (Å²) in [4.78, 5) is 92.2. The fourth-order valence-corrected chi connectivity index (χ4v) is 10.7. The minimum atomic E-state index is -3.85. The molecule has 4 aliphatic heterocycles. The second-order valence-electron chi connectivity index (χ2n) is 14.3. The molecule has 4 aliphatic rings. The van der Waals surface area contributed by atoms with Gasteiger partial charge in [-0.05, 0) is 65.7 Å². The standard InChI is InChI=1S/C35H44N4O13S2/c1-8-10-23(41)52-20-13-11-19(12-14-20)25(36-18(3)15-24(42)49-9-2)29(43)37-26-30(44)39-27(34(4,5)53-31(26)39)32(45)50-17-51-33(46)28-35(6,7)54(47,48)22-16-21(40)38(22)28/h11-15,22,25-28,31,36H,8-10,16-17H2,1-7H3,(H,37,43)/t22-,25?,26-,27+,28+,31-/m1/s1. The number of carbonyl (C=O) groups excluding carboxylic acids is 7. The van der Waals surface area contributed by atoms with Gasteiger partial charge in [-0.15, -0.1) is 11.8 Å². The van der Waals surface area contributed by atoms with E-state index in [1.165, 1.54) is 48.7 Å². The number of esters is 4. The Bertz CT molecular complexity index is 1880. The molecule has 0 saturated carbocycles. The number of amides is 3. The maximum atomic E-state index is 13.8. The number of sulfone groups is 1. The molecule has 17 nitrogen and oxygen atoms in total. The molecular formula is C35H44N4O13S2. The van der Waals surface area contributed by atoms with E-state index in [9.17, 15) is 42.0 Å². The number of allylic oxidation sites excluding steroid dienone is 1. The third kappa shape index (κ3) is 7.39. The quantitative estimate of drug-likeness (QED) is 0.0889. The van der Waals surface area contributed by atoms with E-state index in [-0.39, 0.29) is 25.2 Å². The number of thioether (sulfide) groups is 1. The first-order chi connectivity index (χ1) is 25.3. The van der Waals surface area contributed by atoms with Gasteiger partial charge in [0.2, 0.25) is 24.5 Å². The summed E-state index contributed by atoms with van der Waals surface area (Å²) in [5.41, 5.74) is 0.717. The predicted molar refractivity (Wildman–Crippen MR) is 190 cm³/mol. The van der Waals surface area contributed by atoms with Gasteiger partial charge in [-0.1, -0.05) is 19.1 Å². The minimum absolute atomic E-state index is 0.145. The summed E-state index contributed by atoms with van der Waals surface area (Å²) in [6.45, 7) is 10.4. The van der Waals surface area contributed by atoms with Crippen LogP contribution in [0.3, 0.4) is 0 Å². The van der Waals surface area contributed by atoms with Crippen LogP contribution in [0.25, 0.3) is 0 Å². The lowest BCUT2D eigenvalue weighted by Gasteiger charge is -2.44. The van der Waals surface area contributed by atoms with E-state index in [1.807, 2.05) is 6.92 Å². The summed E-state index contributed by atoms with van der Waals surface area (Å²) < 4.78 is 43.8. The van der Waals surface area contributed by atoms with Gasteiger partial charge < -0.3 is 39.4 Å². The third-order valence-electron chi connectivity index (χ3n) is 9.72. The van der Waals surface area contributed by atoms with Crippen molar-refractivity contribution in [2.24, 2.45) is 0 Å². The molecule has 294 valence electrons. The highest BCUT2D eigenvalue weighted by molar-refractivity contribution is 8.01. The van der Waals surface area contributed by atoms with Gasteiger partial charge in [0.15, 0.2) is 9.84 Å². The summed E-state index contributed by atoms with van der Waals surface area (Å²) in [7, 11) is -3.85. The van der Waals surface area contributed by atoms with Crippen LogP contribution in [0.5, 0.6) is 5.75 Å². The van der Waals surface area contributed by atoms with Crippen LogP contribution in [0, 0.1) is 0 Å². The first-order valence-electron chi connectivity index (χ1n) is 17.4. The number of rotatable bonds is 14. The summed E-state index contributed by atoms with van der Waals surface area (Å²) in [5.74, 6) is -4.41. The predicted octanol–water partition coefficient (Wildman–Crippen LogP) is 1.21. The van der Waals surface area contributed by atoms with Gasteiger partial charge in [-0.3, -0.25) is 19.2 Å². The van der Waals surface area contributed by atoms with Crippen molar-refractivity contribution in [2.45, 2.75) is 112 Å². The Labute approximate surface area is 316 Å². The smallest absolute Gasteiger partial charge is 0.333 e. The molecule has 3 amide bonds. The van der Waals surface area contributed by atoms with E-state index in [4.69, 9.17) is 18.9 Å². The van der Waals surface area contributed by atoms with Crippen molar-refractivity contribution in [1.82, 2.24) is 20.4 Å². The molecule has 0 bridgehead atoms. The molecule has 0 radical (unpaired) electrons. The van der Waals surface area contributed by atoms with E-state index in [1.54, 1.807) is 39.8 Å². The van der Waals surface area contributed by atoms with Crippen LogP contribution < -0.4 is 15.4 Å². The van der Waals surface area contributed by atoms with Gasteiger partial charge in [0.25, 0.3) is 0 Å². The molecule has 0 spiro atoms. The first kappa shape index (κ1) is 40.5. The zero-order chi connectivity index (χ0) is 39.9. The van der Waals surface area contributed by atoms with Crippen molar-refractivity contribution in [1.29, 1.82) is 0 Å². The Balaban J connectivity index is 1.24. The van der Waals surface area contributed by atoms with Crippen LogP contribution in [0.1, 0.15) is 79.3 Å². The number of nitrogens with one attached hydrogen (secondary N) is 2. The van der Waals surface area contributed by atoms with Crippen molar-refractivity contribution in [2.75, 3.05) is 13.4 Å². The number of fused-ring (bicyclic) bond motifs is 2. The van der Waals surface area contributed by atoms with Gasteiger partial charge in [0.05, 0.1) is 17.8 Å². The Hall–Kier alpha value is -4.65. The van der Waals surface area contributed by atoms with Gasteiger partial charge in [0, 0.05) is 22.9 Å². The van der Waals surface area contributed by atoms with E-state index >= 15 is 0 Å². The summed E-state index contributed by atoms with van der Waals surface area (Å²) in [6.07, 6.45) is 1.80. The molecule has 5 rings (SSSR count). The normalized spacial score (nSPS) is 26.3. The number of carbonyl (C=O) groups is 7. The Kier molecular flexibility index (Phi) is 11.4. The second-order valence-corrected chi connectivity index (χ2v) is 18.7. The number of ether oxygens (including phenoxy) is 4. The van der Waals surface area contributed by atoms with Gasteiger partial charge in [-0.25, -0.2) is 22.8 Å². The van der Waals surface area contributed by atoms with E-state index in [2.05, 4.69) is 10.6 Å². The average Bonchev–Trinajstić information content (AvgIpc) is 3.41. The lowest BCUT2D eigenvalue weighted by atomic mass is 9.95. The van der Waals surface area contributed by atoms with Gasteiger partial charge in [-0.2, -0.15) is 0 Å². The van der Waals surface area contributed by atoms with Crippen LogP contribution in [-0.4, -0.2) is 112 Å². The van der Waals surface area contributed by atoms with Crippen molar-refractivity contribution < 1.29 is 60.9 Å². The van der Waals surface area contributed by atoms with Crippen LogP contribution in [0.2, 0.25) is 0 Å². The average molecular weight is 793 g/mol. The van der Waals surface area contributed by atoms with Crippen LogP contribution in [-0.2, 0) is 57.6 Å². The van der Waals surface area contributed by atoms with Crippen LogP contribution in [0.4, 0.5) is 0 Å². The molecule has 2 N–H and O–H groups in total. The molecule has 4 fully saturated rings. The van der Waals surface area contributed by atoms with Crippen molar-refractivity contribution >= 4 is 63.2 Å². The first-order valence-corrected chi connectivity index (χ1v) is 19.8. The Morgan fingerprint density at radius 1 is 0.963 bits per heavy atom. The largest absolute Gasteiger partial charge is 0.463 e. The summed E-state index contributed by atoms with van der Waals surface area (Å²) in [5, 5.41) is 3.96. The molecule has 1 aromatic carbocycles. The van der Waals surface area contributed by atoms with Crippen molar-refractivity contribution in [3.8, 4) is 5.75 Å². The molecule has 0 aliphatic carbocycles. The Morgan fingerprint density at radius 2 is 1.59 bits per heavy atom. The fourth-order valence-electron chi connectivity index (χ4n) is 6.92. The number of β-lactam (4-membered cyclic amide) rings is 2. The molecule has 54 heavy (non-hydrogen) atoms. The van der Waals surface area contributed by atoms with Crippen LogP contribution in [0.15, 0.2) is 36.0 Å². The molecule has 1 aromatic rings.